The average Bonchev–Trinajstić information content (AvgIpc) is 2.84. The highest BCUT2D eigenvalue weighted by Gasteiger charge is 2.32. The van der Waals surface area contributed by atoms with Crippen LogP contribution in [-0.4, -0.2) is 40.8 Å². The minimum Gasteiger partial charge on any atom is -0.388 e. The van der Waals surface area contributed by atoms with E-state index in [0.717, 1.165) is 50.0 Å². The van der Waals surface area contributed by atoms with E-state index in [1.807, 2.05) is 20.2 Å². The molecule has 1 aliphatic carbocycles. The van der Waals surface area contributed by atoms with Crippen molar-refractivity contribution in [1.29, 1.82) is 0 Å². The number of rotatable bonds is 6. The van der Waals surface area contributed by atoms with Crippen molar-refractivity contribution in [2.45, 2.75) is 51.6 Å². The highest BCUT2D eigenvalue weighted by molar-refractivity contribution is 5.48. The van der Waals surface area contributed by atoms with Crippen LogP contribution in [0.2, 0.25) is 0 Å². The topological polar surface area (TPSA) is 61.3 Å². The number of aliphatic hydroxyl groups is 1. The van der Waals surface area contributed by atoms with Gasteiger partial charge in [-0.05, 0) is 26.2 Å². The Labute approximate surface area is 121 Å². The van der Waals surface area contributed by atoms with Crippen LogP contribution in [0.4, 0.5) is 11.8 Å². The molecule has 1 heterocycles. The molecule has 0 aromatic carbocycles. The van der Waals surface area contributed by atoms with E-state index < -0.39 is 5.60 Å². The second-order valence-corrected chi connectivity index (χ2v) is 5.91. The predicted octanol–water partition coefficient (Wildman–Crippen LogP) is 2.35. The lowest BCUT2D eigenvalue weighted by Crippen LogP contribution is -2.39. The summed E-state index contributed by atoms with van der Waals surface area (Å²) < 4.78 is 0. The lowest BCUT2D eigenvalue weighted by molar-refractivity contribution is 0.0558. The monoisotopic (exact) mass is 278 g/mol. The van der Waals surface area contributed by atoms with Crippen molar-refractivity contribution >= 4 is 11.8 Å². The van der Waals surface area contributed by atoms with Crippen molar-refractivity contribution < 1.29 is 5.11 Å². The van der Waals surface area contributed by atoms with Crippen molar-refractivity contribution in [1.82, 2.24) is 9.97 Å². The first-order valence-electron chi connectivity index (χ1n) is 7.55. The number of anilines is 2. The number of hydrogen-bond acceptors (Lipinski definition) is 5. The fraction of sp³-hybridized carbons (Fsp3) is 0.733. The summed E-state index contributed by atoms with van der Waals surface area (Å²) >= 11 is 0. The third-order valence-electron chi connectivity index (χ3n) is 3.91. The van der Waals surface area contributed by atoms with Gasteiger partial charge in [0, 0.05) is 31.9 Å². The maximum atomic E-state index is 10.5. The second kappa shape index (κ2) is 6.39. The molecule has 1 aliphatic rings. The fourth-order valence-corrected chi connectivity index (χ4v) is 2.85. The Morgan fingerprint density at radius 1 is 1.40 bits per heavy atom. The van der Waals surface area contributed by atoms with E-state index in [9.17, 15) is 5.11 Å². The smallest absolute Gasteiger partial charge is 0.224 e. The van der Waals surface area contributed by atoms with Crippen LogP contribution in [0.3, 0.4) is 0 Å². The molecule has 1 fully saturated rings. The first kappa shape index (κ1) is 15.0. The van der Waals surface area contributed by atoms with E-state index in [1.54, 1.807) is 0 Å². The molecule has 0 aliphatic heterocycles. The quantitative estimate of drug-likeness (QED) is 0.836. The van der Waals surface area contributed by atoms with Gasteiger partial charge in [-0.3, -0.25) is 0 Å². The van der Waals surface area contributed by atoms with Gasteiger partial charge in [0.15, 0.2) is 0 Å². The Bertz CT molecular complexity index is 443. The molecule has 0 bridgehead atoms. The molecule has 0 amide bonds. The minimum atomic E-state index is -0.552. The summed E-state index contributed by atoms with van der Waals surface area (Å²) in [6.45, 7) is 5.63. The van der Waals surface area contributed by atoms with E-state index in [2.05, 4.69) is 27.1 Å². The molecule has 1 aromatic heterocycles. The number of nitrogens with one attached hydrogen (secondary N) is 1. The Morgan fingerprint density at radius 2 is 2.10 bits per heavy atom. The Morgan fingerprint density at radius 3 is 2.75 bits per heavy atom. The van der Waals surface area contributed by atoms with Crippen LogP contribution in [-0.2, 0) is 0 Å². The molecule has 5 nitrogen and oxygen atoms in total. The summed E-state index contributed by atoms with van der Waals surface area (Å²) in [5, 5.41) is 13.7. The van der Waals surface area contributed by atoms with Crippen LogP contribution in [0.5, 0.6) is 0 Å². The third-order valence-corrected chi connectivity index (χ3v) is 3.91. The van der Waals surface area contributed by atoms with Crippen molar-refractivity contribution in [3.05, 3.63) is 11.8 Å². The van der Waals surface area contributed by atoms with E-state index in [-0.39, 0.29) is 0 Å². The van der Waals surface area contributed by atoms with E-state index >= 15 is 0 Å². The summed E-state index contributed by atoms with van der Waals surface area (Å²) in [6, 6.07) is 0. The summed E-state index contributed by atoms with van der Waals surface area (Å²) in [4.78, 5) is 10.9. The molecule has 0 atom stereocenters. The second-order valence-electron chi connectivity index (χ2n) is 5.91. The maximum absolute atomic E-state index is 10.5. The molecular formula is C15H26N4O. The number of likely N-dealkylation sites (N-methyl/N-ethyl adjacent to an activating group) is 1. The molecule has 0 saturated heterocycles. The number of hydrogen-bond donors (Lipinski definition) is 2. The molecule has 0 spiro atoms. The van der Waals surface area contributed by atoms with Crippen LogP contribution in [0, 0.1) is 6.92 Å². The van der Waals surface area contributed by atoms with Crippen molar-refractivity contribution in [3.63, 3.8) is 0 Å². The molecular weight excluding hydrogens is 252 g/mol. The zero-order valence-electron chi connectivity index (χ0n) is 12.8. The largest absolute Gasteiger partial charge is 0.388 e. The number of nitrogens with zero attached hydrogens (tertiary/aromatic N) is 3. The van der Waals surface area contributed by atoms with Gasteiger partial charge < -0.3 is 15.3 Å². The van der Waals surface area contributed by atoms with Gasteiger partial charge in [-0.1, -0.05) is 19.8 Å². The Kier molecular flexibility index (Phi) is 4.81. The van der Waals surface area contributed by atoms with Crippen molar-refractivity contribution in [2.75, 3.05) is 30.4 Å². The van der Waals surface area contributed by atoms with Gasteiger partial charge in [0.2, 0.25) is 5.95 Å². The van der Waals surface area contributed by atoms with Crippen LogP contribution >= 0.6 is 0 Å². The first-order chi connectivity index (χ1) is 9.54. The summed E-state index contributed by atoms with van der Waals surface area (Å²) in [5.41, 5.74) is 0.486. The highest BCUT2D eigenvalue weighted by Crippen LogP contribution is 2.31. The molecule has 0 unspecified atom stereocenters. The third kappa shape index (κ3) is 3.60. The summed E-state index contributed by atoms with van der Waals surface area (Å²) in [7, 11) is 2.00. The SMILES string of the molecule is CCCNc1ncc(C)c(N(C)CC2(O)CCCC2)n1. The fourth-order valence-electron chi connectivity index (χ4n) is 2.85. The average molecular weight is 278 g/mol. The molecule has 5 heteroatoms. The minimum absolute atomic E-state index is 0.552. The van der Waals surface area contributed by atoms with Gasteiger partial charge in [-0.25, -0.2) is 4.98 Å². The molecule has 0 radical (unpaired) electrons. The predicted molar refractivity (Wildman–Crippen MR) is 82.2 cm³/mol. The standard InChI is InChI=1S/C15H26N4O/c1-4-9-16-14-17-10-12(2)13(18-14)19(3)11-15(20)7-5-6-8-15/h10,20H,4-9,11H2,1-3H3,(H,16,17,18). The Balaban J connectivity index is 2.09. The Hall–Kier alpha value is -1.36. The number of aryl methyl sites for hydroxylation is 1. The molecule has 2 N–H and O–H groups in total. The first-order valence-corrected chi connectivity index (χ1v) is 7.55. The van der Waals surface area contributed by atoms with Gasteiger partial charge in [-0.15, -0.1) is 0 Å². The summed E-state index contributed by atoms with van der Waals surface area (Å²) in [6.07, 6.45) is 6.91. The van der Waals surface area contributed by atoms with Gasteiger partial charge in [0.1, 0.15) is 5.82 Å². The summed E-state index contributed by atoms with van der Waals surface area (Å²) in [5.74, 6) is 1.57. The zero-order chi connectivity index (χ0) is 14.6. The molecule has 1 aromatic rings. The van der Waals surface area contributed by atoms with Gasteiger partial charge >= 0.3 is 0 Å². The van der Waals surface area contributed by atoms with Crippen LogP contribution in [0.15, 0.2) is 6.20 Å². The van der Waals surface area contributed by atoms with Crippen LogP contribution < -0.4 is 10.2 Å². The van der Waals surface area contributed by atoms with Gasteiger partial charge in [0.05, 0.1) is 5.60 Å². The van der Waals surface area contributed by atoms with E-state index in [0.29, 0.717) is 12.5 Å². The zero-order valence-corrected chi connectivity index (χ0v) is 12.8. The highest BCUT2D eigenvalue weighted by atomic mass is 16.3. The molecule has 112 valence electrons. The van der Waals surface area contributed by atoms with Crippen molar-refractivity contribution in [2.24, 2.45) is 0 Å². The van der Waals surface area contributed by atoms with Crippen molar-refractivity contribution in [3.8, 4) is 0 Å². The lowest BCUT2D eigenvalue weighted by atomic mass is 10.0. The lowest BCUT2D eigenvalue weighted by Gasteiger charge is -2.30. The van der Waals surface area contributed by atoms with Gasteiger partial charge in [-0.2, -0.15) is 4.98 Å². The van der Waals surface area contributed by atoms with E-state index in [1.165, 1.54) is 0 Å². The van der Waals surface area contributed by atoms with E-state index in [4.69, 9.17) is 0 Å². The molecule has 1 saturated carbocycles. The normalized spacial score (nSPS) is 17.2. The van der Waals surface area contributed by atoms with Gasteiger partial charge in [0.25, 0.3) is 0 Å². The maximum Gasteiger partial charge on any atom is 0.224 e. The molecule has 20 heavy (non-hydrogen) atoms. The number of aromatic nitrogens is 2. The van der Waals surface area contributed by atoms with Crippen LogP contribution in [0.1, 0.15) is 44.6 Å². The molecule has 2 rings (SSSR count). The van der Waals surface area contributed by atoms with Crippen LogP contribution in [0.25, 0.3) is 0 Å².